The summed E-state index contributed by atoms with van der Waals surface area (Å²) in [7, 11) is 0. The summed E-state index contributed by atoms with van der Waals surface area (Å²) in [4.78, 5) is 22.5. The lowest BCUT2D eigenvalue weighted by Gasteiger charge is -2.32. The van der Waals surface area contributed by atoms with Crippen molar-refractivity contribution in [2.45, 2.75) is 26.7 Å². The van der Waals surface area contributed by atoms with Crippen LogP contribution in [0.5, 0.6) is 0 Å². The van der Waals surface area contributed by atoms with Crippen LogP contribution in [0.25, 0.3) is 17.0 Å². The minimum atomic E-state index is -0.0533. The highest BCUT2D eigenvalue weighted by Gasteiger charge is 2.31. The fourth-order valence-corrected chi connectivity index (χ4v) is 5.13. The normalized spacial score (nSPS) is 19.6. The van der Waals surface area contributed by atoms with Crippen LogP contribution < -0.4 is 4.90 Å². The van der Waals surface area contributed by atoms with Gasteiger partial charge < -0.3 is 4.90 Å². The number of aromatic nitrogens is 1. The monoisotopic (exact) mass is 423 g/mol. The zero-order valence-electron chi connectivity index (χ0n) is 16.9. The van der Waals surface area contributed by atoms with E-state index in [0.717, 1.165) is 59.7 Å². The lowest BCUT2D eigenvalue weighted by atomic mass is 9.98. The molecule has 4 rings (SSSR count). The first kappa shape index (κ1) is 20.1. The summed E-state index contributed by atoms with van der Waals surface area (Å²) in [6.07, 6.45) is 5.99. The van der Waals surface area contributed by atoms with Crippen LogP contribution in [0.4, 0.5) is 5.82 Å². The minimum absolute atomic E-state index is 0.0533. The second-order valence-electron chi connectivity index (χ2n) is 7.80. The SMILES string of the molecule is C=CCN1C(=O)/C(=C/c2cc3cccc(C)c3nc2N2CCC(C)CC2)SC1=S. The Bertz CT molecular complexity index is 1020. The molecule has 0 spiro atoms. The smallest absolute Gasteiger partial charge is 0.266 e. The molecule has 2 saturated heterocycles. The van der Waals surface area contributed by atoms with E-state index in [0.29, 0.717) is 15.8 Å². The van der Waals surface area contributed by atoms with E-state index in [2.05, 4.69) is 49.6 Å². The van der Waals surface area contributed by atoms with Crippen molar-refractivity contribution in [1.29, 1.82) is 0 Å². The van der Waals surface area contributed by atoms with Crippen molar-refractivity contribution in [2.24, 2.45) is 5.92 Å². The lowest BCUT2D eigenvalue weighted by molar-refractivity contribution is -0.121. The van der Waals surface area contributed by atoms with Crippen molar-refractivity contribution >= 4 is 57.0 Å². The fraction of sp³-hybridized carbons (Fsp3) is 0.348. The highest BCUT2D eigenvalue weighted by molar-refractivity contribution is 8.26. The van der Waals surface area contributed by atoms with Gasteiger partial charge in [0.15, 0.2) is 0 Å². The van der Waals surface area contributed by atoms with Crippen molar-refractivity contribution < 1.29 is 4.79 Å². The van der Waals surface area contributed by atoms with Gasteiger partial charge in [-0.2, -0.15) is 0 Å². The molecule has 0 bridgehead atoms. The molecule has 0 atom stereocenters. The van der Waals surface area contributed by atoms with Gasteiger partial charge in [0.05, 0.1) is 10.4 Å². The van der Waals surface area contributed by atoms with E-state index in [1.54, 1.807) is 11.0 Å². The first-order valence-electron chi connectivity index (χ1n) is 9.99. The van der Waals surface area contributed by atoms with E-state index in [4.69, 9.17) is 17.2 Å². The Hall–Kier alpha value is -2.18. The summed E-state index contributed by atoms with van der Waals surface area (Å²) in [5, 5.41) is 1.09. The molecule has 1 aromatic heterocycles. The number of aryl methyl sites for hydroxylation is 1. The number of hydrogen-bond acceptors (Lipinski definition) is 5. The first-order valence-corrected chi connectivity index (χ1v) is 11.2. The number of rotatable bonds is 4. The van der Waals surface area contributed by atoms with Gasteiger partial charge in [-0.25, -0.2) is 4.98 Å². The zero-order chi connectivity index (χ0) is 20.5. The summed E-state index contributed by atoms with van der Waals surface area (Å²) in [6.45, 7) is 10.5. The number of pyridine rings is 1. The van der Waals surface area contributed by atoms with Gasteiger partial charge in [-0.15, -0.1) is 6.58 Å². The Balaban J connectivity index is 1.80. The number of benzene rings is 1. The van der Waals surface area contributed by atoms with Crippen molar-refractivity contribution in [1.82, 2.24) is 9.88 Å². The molecule has 0 unspecified atom stereocenters. The van der Waals surface area contributed by atoms with Crippen LogP contribution in [0.2, 0.25) is 0 Å². The highest BCUT2D eigenvalue weighted by atomic mass is 32.2. The lowest BCUT2D eigenvalue weighted by Crippen LogP contribution is -2.34. The molecule has 1 amide bonds. The van der Waals surface area contributed by atoms with Crippen molar-refractivity contribution in [2.75, 3.05) is 24.5 Å². The molecule has 6 heteroatoms. The maximum atomic E-state index is 12.8. The summed E-state index contributed by atoms with van der Waals surface area (Å²) >= 11 is 6.75. The molecule has 1 aromatic carbocycles. The molecule has 2 fully saturated rings. The van der Waals surface area contributed by atoms with Crippen LogP contribution in [0.15, 0.2) is 41.8 Å². The zero-order valence-corrected chi connectivity index (χ0v) is 18.5. The molecule has 3 heterocycles. The minimum Gasteiger partial charge on any atom is -0.356 e. The van der Waals surface area contributed by atoms with E-state index in [9.17, 15) is 4.79 Å². The number of hydrogen-bond donors (Lipinski definition) is 0. The van der Waals surface area contributed by atoms with Gasteiger partial charge in [-0.1, -0.05) is 55.2 Å². The Morgan fingerprint density at radius 3 is 2.83 bits per heavy atom. The van der Waals surface area contributed by atoms with Crippen molar-refractivity contribution in [3.8, 4) is 0 Å². The molecular weight excluding hydrogens is 398 g/mol. The Morgan fingerprint density at radius 1 is 1.34 bits per heavy atom. The van der Waals surface area contributed by atoms with E-state index in [1.807, 2.05) is 6.08 Å². The predicted octanol–water partition coefficient (Wildman–Crippen LogP) is 5.17. The van der Waals surface area contributed by atoms with Crippen LogP contribution in [0, 0.1) is 12.8 Å². The maximum Gasteiger partial charge on any atom is 0.266 e. The molecule has 29 heavy (non-hydrogen) atoms. The number of piperidine rings is 1. The summed E-state index contributed by atoms with van der Waals surface area (Å²) in [6, 6.07) is 8.38. The molecule has 2 aliphatic heterocycles. The number of carbonyl (C=O) groups excluding carboxylic acids is 1. The Morgan fingerprint density at radius 2 is 2.10 bits per heavy atom. The van der Waals surface area contributed by atoms with E-state index in [-0.39, 0.29) is 5.91 Å². The molecule has 150 valence electrons. The van der Waals surface area contributed by atoms with Crippen LogP contribution in [-0.2, 0) is 4.79 Å². The number of para-hydroxylation sites is 1. The van der Waals surface area contributed by atoms with Crippen molar-refractivity contribution in [3.05, 3.63) is 53.0 Å². The number of thioether (sulfide) groups is 1. The summed E-state index contributed by atoms with van der Waals surface area (Å²) < 4.78 is 0.582. The average Bonchev–Trinajstić information content (AvgIpc) is 2.96. The number of amides is 1. The Labute approximate surface area is 181 Å². The van der Waals surface area contributed by atoms with E-state index in [1.165, 1.54) is 11.8 Å². The number of carbonyl (C=O) groups is 1. The van der Waals surface area contributed by atoms with Gasteiger partial charge in [0.25, 0.3) is 5.91 Å². The molecule has 4 nitrogen and oxygen atoms in total. The van der Waals surface area contributed by atoms with Gasteiger partial charge in [-0.3, -0.25) is 9.69 Å². The number of anilines is 1. The third kappa shape index (κ3) is 3.96. The van der Waals surface area contributed by atoms with Gasteiger partial charge in [-0.05, 0) is 43.4 Å². The molecule has 0 aliphatic carbocycles. The van der Waals surface area contributed by atoms with Gasteiger partial charge >= 0.3 is 0 Å². The molecule has 0 radical (unpaired) electrons. The second-order valence-corrected chi connectivity index (χ2v) is 9.47. The third-order valence-electron chi connectivity index (χ3n) is 5.61. The number of nitrogens with zero attached hydrogens (tertiary/aromatic N) is 3. The van der Waals surface area contributed by atoms with Gasteiger partial charge in [0, 0.05) is 30.6 Å². The molecule has 2 aromatic rings. The standard InChI is InChI=1S/C23H25N3OS2/c1-4-10-26-22(27)19(29-23(26)28)14-18-13-17-7-5-6-16(3)20(17)24-21(18)25-11-8-15(2)9-12-25/h4-7,13-15H,1,8-12H2,2-3H3/b19-14-. The number of fused-ring (bicyclic) bond motifs is 1. The van der Waals surface area contributed by atoms with Crippen molar-refractivity contribution in [3.63, 3.8) is 0 Å². The third-order valence-corrected chi connectivity index (χ3v) is 6.99. The van der Waals surface area contributed by atoms with Crippen LogP contribution in [0.1, 0.15) is 30.9 Å². The topological polar surface area (TPSA) is 36.4 Å². The average molecular weight is 424 g/mol. The molecule has 0 saturated carbocycles. The highest BCUT2D eigenvalue weighted by Crippen LogP contribution is 2.36. The predicted molar refractivity (Wildman–Crippen MR) is 127 cm³/mol. The molecular formula is C23H25N3OS2. The van der Waals surface area contributed by atoms with Gasteiger partial charge in [0.1, 0.15) is 10.1 Å². The Kier molecular flexibility index (Phi) is 5.74. The fourth-order valence-electron chi connectivity index (χ4n) is 3.86. The second kappa shape index (κ2) is 8.28. The number of thiocarbonyl (C=S) groups is 1. The molecule has 2 aliphatic rings. The van der Waals surface area contributed by atoms with Crippen LogP contribution in [-0.4, -0.2) is 39.7 Å². The van der Waals surface area contributed by atoms with E-state index < -0.39 is 0 Å². The summed E-state index contributed by atoms with van der Waals surface area (Å²) in [5.74, 6) is 1.65. The quantitative estimate of drug-likeness (QED) is 0.385. The first-order chi connectivity index (χ1) is 14.0. The van der Waals surface area contributed by atoms with Crippen LogP contribution >= 0.6 is 24.0 Å². The maximum absolute atomic E-state index is 12.8. The largest absolute Gasteiger partial charge is 0.356 e. The van der Waals surface area contributed by atoms with Gasteiger partial charge in [0.2, 0.25) is 0 Å². The summed E-state index contributed by atoms with van der Waals surface area (Å²) in [5.41, 5.74) is 3.17. The van der Waals surface area contributed by atoms with E-state index >= 15 is 0 Å². The molecule has 0 N–H and O–H groups in total. The van der Waals surface area contributed by atoms with Crippen LogP contribution in [0.3, 0.4) is 0 Å².